The molecule has 15 heavy (non-hydrogen) atoms. The van der Waals surface area contributed by atoms with Crippen molar-refractivity contribution in [3.05, 3.63) is 0 Å². The van der Waals surface area contributed by atoms with E-state index in [4.69, 9.17) is 6.42 Å². The fourth-order valence-electron chi connectivity index (χ4n) is 2.06. The molecule has 0 aromatic heterocycles. The number of hydrogen-bond acceptors (Lipinski definition) is 2. The zero-order valence-electron chi connectivity index (χ0n) is 9.46. The fourth-order valence-corrected chi connectivity index (χ4v) is 2.06. The molecule has 84 valence electrons. The normalized spacial score (nSPS) is 20.7. The Labute approximate surface area is 92.2 Å². The smallest absolute Gasteiger partial charge is 0.223 e. The average Bonchev–Trinajstić information content (AvgIpc) is 2.29. The van der Waals surface area contributed by atoms with E-state index < -0.39 is 0 Å². The maximum Gasteiger partial charge on any atom is 0.223 e. The van der Waals surface area contributed by atoms with Gasteiger partial charge >= 0.3 is 0 Å². The van der Waals surface area contributed by atoms with Gasteiger partial charge in [-0.25, -0.2) is 0 Å². The molecule has 3 nitrogen and oxygen atoms in total. The zero-order chi connectivity index (χ0) is 11.1. The van der Waals surface area contributed by atoms with Crippen LogP contribution in [0.3, 0.4) is 0 Å². The van der Waals surface area contributed by atoms with Crippen molar-refractivity contribution >= 4 is 5.91 Å². The van der Waals surface area contributed by atoms with E-state index in [1.807, 2.05) is 11.8 Å². The first-order valence-corrected chi connectivity index (χ1v) is 5.73. The molecule has 0 saturated carbocycles. The fraction of sp³-hybridized carbons (Fsp3) is 0.750. The Hall–Kier alpha value is -1.01. The van der Waals surface area contributed by atoms with Gasteiger partial charge in [0.25, 0.3) is 0 Å². The van der Waals surface area contributed by atoms with Gasteiger partial charge in [-0.15, -0.1) is 12.3 Å². The van der Waals surface area contributed by atoms with Crippen LogP contribution in [0, 0.1) is 12.3 Å². The van der Waals surface area contributed by atoms with Crippen molar-refractivity contribution < 1.29 is 4.79 Å². The summed E-state index contributed by atoms with van der Waals surface area (Å²) in [4.78, 5) is 13.8. The van der Waals surface area contributed by atoms with Crippen LogP contribution in [0.2, 0.25) is 0 Å². The monoisotopic (exact) mass is 208 g/mol. The minimum atomic E-state index is 0.198. The molecule has 1 amide bonds. The Morgan fingerprint density at radius 3 is 3.00 bits per heavy atom. The van der Waals surface area contributed by atoms with E-state index in [2.05, 4.69) is 11.2 Å². The summed E-state index contributed by atoms with van der Waals surface area (Å²) >= 11 is 0. The van der Waals surface area contributed by atoms with Gasteiger partial charge in [-0.2, -0.15) is 0 Å². The van der Waals surface area contributed by atoms with Crippen molar-refractivity contribution in [1.82, 2.24) is 10.2 Å². The molecule has 1 unspecified atom stereocenters. The number of nitrogens with zero attached hydrogens (tertiary/aromatic N) is 1. The molecule has 1 rings (SSSR count). The van der Waals surface area contributed by atoms with E-state index in [1.165, 1.54) is 0 Å². The van der Waals surface area contributed by atoms with Crippen molar-refractivity contribution in [3.8, 4) is 12.3 Å². The third-order valence-electron chi connectivity index (χ3n) is 2.86. The van der Waals surface area contributed by atoms with Gasteiger partial charge in [-0.3, -0.25) is 4.79 Å². The maximum atomic E-state index is 11.8. The van der Waals surface area contributed by atoms with Crippen LogP contribution >= 0.6 is 0 Å². The molecule has 1 saturated heterocycles. The van der Waals surface area contributed by atoms with Gasteiger partial charge < -0.3 is 10.2 Å². The lowest BCUT2D eigenvalue weighted by Crippen LogP contribution is -2.48. The van der Waals surface area contributed by atoms with Crippen LogP contribution in [0.1, 0.15) is 32.6 Å². The Morgan fingerprint density at radius 1 is 1.67 bits per heavy atom. The Bertz CT molecular complexity index is 238. The minimum Gasteiger partial charge on any atom is -0.339 e. The highest BCUT2D eigenvalue weighted by Crippen LogP contribution is 2.11. The molecule has 0 aliphatic carbocycles. The summed E-state index contributed by atoms with van der Waals surface area (Å²) in [5, 5.41) is 3.33. The largest absolute Gasteiger partial charge is 0.339 e. The van der Waals surface area contributed by atoms with Crippen LogP contribution in [-0.2, 0) is 4.79 Å². The highest BCUT2D eigenvalue weighted by atomic mass is 16.2. The first-order chi connectivity index (χ1) is 7.29. The van der Waals surface area contributed by atoms with E-state index >= 15 is 0 Å². The molecule has 3 heteroatoms. The van der Waals surface area contributed by atoms with Crippen LogP contribution in [0.25, 0.3) is 0 Å². The molecule has 1 aliphatic rings. The summed E-state index contributed by atoms with van der Waals surface area (Å²) in [7, 11) is 0. The highest BCUT2D eigenvalue weighted by Gasteiger charge is 2.23. The number of hydrogen-bond donors (Lipinski definition) is 1. The van der Waals surface area contributed by atoms with E-state index in [0.717, 1.165) is 32.5 Å². The maximum absolute atomic E-state index is 11.8. The first kappa shape index (κ1) is 12.1. The summed E-state index contributed by atoms with van der Waals surface area (Å²) in [5.41, 5.74) is 0. The van der Waals surface area contributed by atoms with Crippen LogP contribution in [0.5, 0.6) is 0 Å². The van der Waals surface area contributed by atoms with Crippen molar-refractivity contribution in [2.24, 2.45) is 0 Å². The Balaban J connectivity index is 2.46. The van der Waals surface area contributed by atoms with Gasteiger partial charge in [0.2, 0.25) is 5.91 Å². The zero-order valence-corrected chi connectivity index (χ0v) is 9.46. The SMILES string of the molecule is C#CCCC(=O)N(CC)C1CCCNC1. The van der Waals surface area contributed by atoms with Crippen LogP contribution in [0.15, 0.2) is 0 Å². The molecule has 1 atom stereocenters. The molecular weight excluding hydrogens is 188 g/mol. The van der Waals surface area contributed by atoms with Crippen molar-refractivity contribution in [2.45, 2.75) is 38.6 Å². The summed E-state index contributed by atoms with van der Waals surface area (Å²) in [6.07, 6.45) is 8.47. The van der Waals surface area contributed by atoms with Crippen LogP contribution < -0.4 is 5.32 Å². The van der Waals surface area contributed by atoms with Crippen molar-refractivity contribution in [2.75, 3.05) is 19.6 Å². The number of piperidine rings is 1. The van der Waals surface area contributed by atoms with Gasteiger partial charge in [0.15, 0.2) is 0 Å². The molecule has 0 aromatic rings. The number of carbonyl (C=O) groups is 1. The molecule has 0 bridgehead atoms. The van der Waals surface area contributed by atoms with E-state index in [1.54, 1.807) is 0 Å². The van der Waals surface area contributed by atoms with E-state index in [-0.39, 0.29) is 5.91 Å². The molecule has 0 spiro atoms. The number of amides is 1. The van der Waals surface area contributed by atoms with Crippen LogP contribution in [0.4, 0.5) is 0 Å². The Morgan fingerprint density at radius 2 is 2.47 bits per heavy atom. The van der Waals surface area contributed by atoms with Gasteiger partial charge in [-0.1, -0.05) is 0 Å². The molecule has 1 fully saturated rings. The first-order valence-electron chi connectivity index (χ1n) is 5.73. The topological polar surface area (TPSA) is 32.3 Å². The van der Waals surface area contributed by atoms with Crippen LogP contribution in [-0.4, -0.2) is 36.5 Å². The predicted molar refractivity (Wildman–Crippen MR) is 61.3 cm³/mol. The summed E-state index contributed by atoms with van der Waals surface area (Å²) < 4.78 is 0. The number of likely N-dealkylation sites (N-methyl/N-ethyl adjacent to an activating group) is 1. The lowest BCUT2D eigenvalue weighted by molar-refractivity contribution is -0.133. The number of nitrogens with one attached hydrogen (secondary N) is 1. The molecule has 1 N–H and O–H groups in total. The summed E-state index contributed by atoms with van der Waals surface area (Å²) in [6, 6.07) is 0.369. The van der Waals surface area contributed by atoms with Gasteiger partial charge in [0.05, 0.1) is 0 Å². The number of carbonyl (C=O) groups excluding carboxylic acids is 1. The lowest BCUT2D eigenvalue weighted by atomic mass is 10.1. The number of terminal acetylenes is 1. The average molecular weight is 208 g/mol. The lowest BCUT2D eigenvalue weighted by Gasteiger charge is -2.34. The van der Waals surface area contributed by atoms with Gasteiger partial charge in [0.1, 0.15) is 0 Å². The van der Waals surface area contributed by atoms with Crippen molar-refractivity contribution in [3.63, 3.8) is 0 Å². The van der Waals surface area contributed by atoms with E-state index in [0.29, 0.717) is 18.9 Å². The minimum absolute atomic E-state index is 0.198. The molecule has 1 aliphatic heterocycles. The molecule has 1 heterocycles. The summed E-state index contributed by atoms with van der Waals surface area (Å²) in [5.74, 6) is 2.72. The van der Waals surface area contributed by atoms with Crippen molar-refractivity contribution in [1.29, 1.82) is 0 Å². The Kier molecular flexibility index (Phi) is 5.20. The molecular formula is C12H20N2O. The third kappa shape index (κ3) is 3.56. The second-order valence-corrected chi connectivity index (χ2v) is 3.88. The summed E-state index contributed by atoms with van der Waals surface area (Å²) in [6.45, 7) is 4.82. The quantitative estimate of drug-likeness (QED) is 0.699. The third-order valence-corrected chi connectivity index (χ3v) is 2.86. The standard InChI is InChI=1S/C12H20N2O/c1-3-5-8-12(15)14(4-2)11-7-6-9-13-10-11/h1,11,13H,4-10H2,2H3. The van der Waals surface area contributed by atoms with Gasteiger partial charge in [-0.05, 0) is 26.3 Å². The second kappa shape index (κ2) is 6.47. The predicted octanol–water partition coefficient (Wildman–Crippen LogP) is 1.00. The number of rotatable bonds is 4. The molecule has 0 radical (unpaired) electrons. The molecule has 0 aromatic carbocycles. The second-order valence-electron chi connectivity index (χ2n) is 3.88. The highest BCUT2D eigenvalue weighted by molar-refractivity contribution is 5.76. The van der Waals surface area contributed by atoms with E-state index in [9.17, 15) is 4.79 Å². The van der Waals surface area contributed by atoms with Gasteiger partial charge in [0, 0.05) is 32.0 Å².